The molecule has 44 valence electrons. The Morgan fingerprint density at radius 3 is 1.71 bits per heavy atom. The SMILES string of the molecule is CC(N)(O)N(N)N. The average Bonchev–Trinajstić information content (AvgIpc) is 1.31. The summed E-state index contributed by atoms with van der Waals surface area (Å²) in [6.45, 7) is 1.27. The minimum Gasteiger partial charge on any atom is -0.361 e. The van der Waals surface area contributed by atoms with Crippen molar-refractivity contribution in [3.63, 3.8) is 0 Å². The van der Waals surface area contributed by atoms with Crippen LogP contribution in [0.4, 0.5) is 0 Å². The third-order valence-corrected chi connectivity index (χ3v) is 0.523. The molecule has 0 saturated carbocycles. The van der Waals surface area contributed by atoms with Crippen LogP contribution < -0.4 is 17.4 Å². The Balaban J connectivity index is 3.54. The molecule has 0 aromatic rings. The van der Waals surface area contributed by atoms with E-state index in [9.17, 15) is 0 Å². The first-order valence-corrected chi connectivity index (χ1v) is 1.75. The molecule has 0 saturated heterocycles. The second-order valence-electron chi connectivity index (χ2n) is 1.50. The minimum absolute atomic E-state index is 0.521. The summed E-state index contributed by atoms with van der Waals surface area (Å²) in [5, 5.41) is 9.07. The van der Waals surface area contributed by atoms with E-state index in [-0.39, 0.29) is 0 Å². The Morgan fingerprint density at radius 2 is 1.71 bits per heavy atom. The highest BCUT2D eigenvalue weighted by Gasteiger charge is 2.15. The predicted molar refractivity (Wildman–Crippen MR) is 25.0 cm³/mol. The van der Waals surface area contributed by atoms with Crippen LogP contribution in [0.2, 0.25) is 0 Å². The first-order valence-electron chi connectivity index (χ1n) is 1.75. The molecule has 0 fully saturated rings. The number of hydrogen-bond donors (Lipinski definition) is 4. The van der Waals surface area contributed by atoms with Gasteiger partial charge < -0.3 is 5.11 Å². The van der Waals surface area contributed by atoms with Crippen LogP contribution in [0.15, 0.2) is 0 Å². The first kappa shape index (κ1) is 6.80. The fourth-order valence-electron chi connectivity index (χ4n) is 0. The summed E-state index contributed by atoms with van der Waals surface area (Å²) >= 11 is 0. The van der Waals surface area contributed by atoms with Gasteiger partial charge in [-0.25, -0.2) is 0 Å². The topological polar surface area (TPSA) is 102 Å². The van der Waals surface area contributed by atoms with Gasteiger partial charge in [0.05, 0.1) is 0 Å². The Morgan fingerprint density at radius 1 is 1.57 bits per heavy atom. The van der Waals surface area contributed by atoms with Crippen molar-refractivity contribution in [3.05, 3.63) is 0 Å². The second-order valence-corrected chi connectivity index (χ2v) is 1.50. The van der Waals surface area contributed by atoms with Gasteiger partial charge in [0.1, 0.15) is 0 Å². The molecule has 1 unspecified atom stereocenters. The van der Waals surface area contributed by atoms with Crippen molar-refractivity contribution >= 4 is 0 Å². The number of hydrogen-bond acceptors (Lipinski definition) is 5. The largest absolute Gasteiger partial charge is 0.361 e. The van der Waals surface area contributed by atoms with Crippen molar-refractivity contribution in [2.24, 2.45) is 17.4 Å². The van der Waals surface area contributed by atoms with Gasteiger partial charge in [0, 0.05) is 0 Å². The normalized spacial score (nSPS) is 19.7. The molecule has 5 nitrogen and oxygen atoms in total. The lowest BCUT2D eigenvalue weighted by atomic mass is 10.5. The Bertz CT molecular complexity index is 55.2. The van der Waals surface area contributed by atoms with Crippen molar-refractivity contribution in [2.75, 3.05) is 0 Å². The van der Waals surface area contributed by atoms with Crippen LogP contribution in [0.1, 0.15) is 6.92 Å². The third-order valence-electron chi connectivity index (χ3n) is 0.523. The molecule has 0 bridgehead atoms. The highest BCUT2D eigenvalue weighted by Crippen LogP contribution is 1.86. The summed E-state index contributed by atoms with van der Waals surface area (Å²) in [6, 6.07) is 0. The molecule has 0 aliphatic heterocycles. The molecule has 7 N–H and O–H groups in total. The first-order chi connectivity index (χ1) is 2.94. The molecule has 0 aliphatic rings. The van der Waals surface area contributed by atoms with Gasteiger partial charge in [0.25, 0.3) is 0 Å². The molecular weight excluding hydrogens is 96.0 g/mol. The van der Waals surface area contributed by atoms with Crippen LogP contribution in [0, 0.1) is 0 Å². The van der Waals surface area contributed by atoms with Gasteiger partial charge >= 0.3 is 0 Å². The maximum absolute atomic E-state index is 8.55. The van der Waals surface area contributed by atoms with Crippen molar-refractivity contribution in [1.29, 1.82) is 0 Å². The summed E-state index contributed by atoms with van der Waals surface area (Å²) in [4.78, 5) is 0. The molecule has 0 aromatic heterocycles. The minimum atomic E-state index is -1.61. The van der Waals surface area contributed by atoms with E-state index in [1.165, 1.54) is 6.92 Å². The standard InChI is InChI=1S/C2H10N4O/c1-2(3,7)6(4)5/h7H,3-5H2,1H3. The smallest absolute Gasteiger partial charge is 0.194 e. The van der Waals surface area contributed by atoms with E-state index >= 15 is 0 Å². The van der Waals surface area contributed by atoms with Gasteiger partial charge in [-0.2, -0.15) is 0 Å². The van der Waals surface area contributed by atoms with Crippen LogP contribution in [0.25, 0.3) is 0 Å². The van der Waals surface area contributed by atoms with Crippen LogP contribution in [-0.4, -0.2) is 16.1 Å². The number of nitrogens with two attached hydrogens (primary N) is 3. The zero-order chi connectivity index (χ0) is 6.08. The van der Waals surface area contributed by atoms with Gasteiger partial charge in [0.2, 0.25) is 0 Å². The van der Waals surface area contributed by atoms with Crippen molar-refractivity contribution < 1.29 is 5.11 Å². The molecule has 0 spiro atoms. The highest BCUT2D eigenvalue weighted by atomic mass is 16.3. The molecule has 7 heavy (non-hydrogen) atoms. The van der Waals surface area contributed by atoms with Crippen LogP contribution in [0.5, 0.6) is 0 Å². The van der Waals surface area contributed by atoms with E-state index in [4.69, 9.17) is 22.5 Å². The Labute approximate surface area is 41.6 Å². The molecule has 0 rings (SSSR count). The maximum Gasteiger partial charge on any atom is 0.194 e. The zero-order valence-corrected chi connectivity index (χ0v) is 4.13. The van der Waals surface area contributed by atoms with Crippen LogP contribution in [0.3, 0.4) is 0 Å². The number of hydrazine groups is 2. The monoisotopic (exact) mass is 106 g/mol. The van der Waals surface area contributed by atoms with Crippen molar-refractivity contribution in [3.8, 4) is 0 Å². The molecule has 0 radical (unpaired) electrons. The van der Waals surface area contributed by atoms with Gasteiger partial charge in [-0.05, 0) is 6.92 Å². The Kier molecular flexibility index (Phi) is 1.68. The van der Waals surface area contributed by atoms with Crippen LogP contribution in [-0.2, 0) is 0 Å². The molecular formula is C2H10N4O. The van der Waals surface area contributed by atoms with E-state index in [0.717, 1.165) is 0 Å². The van der Waals surface area contributed by atoms with E-state index in [1.807, 2.05) is 0 Å². The predicted octanol–water partition coefficient (Wildman–Crippen LogP) is -2.34. The van der Waals surface area contributed by atoms with E-state index in [1.54, 1.807) is 0 Å². The summed E-state index contributed by atoms with van der Waals surface area (Å²) in [5.74, 6) is 8.00. The summed E-state index contributed by atoms with van der Waals surface area (Å²) < 4.78 is 0. The molecule has 0 aromatic carbocycles. The van der Waals surface area contributed by atoms with E-state index < -0.39 is 5.85 Å². The number of aliphatic hydroxyl groups is 1. The van der Waals surface area contributed by atoms with Crippen molar-refractivity contribution in [2.45, 2.75) is 12.8 Å². The molecule has 0 heterocycles. The molecule has 1 atom stereocenters. The molecule has 0 amide bonds. The summed E-state index contributed by atoms with van der Waals surface area (Å²) in [5.41, 5.74) is 4.91. The lowest BCUT2D eigenvalue weighted by molar-refractivity contribution is -0.0918. The second kappa shape index (κ2) is 1.73. The molecule has 5 heteroatoms. The van der Waals surface area contributed by atoms with Crippen molar-refractivity contribution in [1.82, 2.24) is 5.12 Å². The number of nitrogens with zero attached hydrogens (tertiary/aromatic N) is 1. The molecule has 0 aliphatic carbocycles. The fourth-order valence-corrected chi connectivity index (χ4v) is 0. The van der Waals surface area contributed by atoms with Gasteiger partial charge in [-0.15, -0.1) is 5.12 Å². The summed E-state index contributed by atoms with van der Waals surface area (Å²) in [7, 11) is 0. The van der Waals surface area contributed by atoms with Gasteiger partial charge in [-0.3, -0.25) is 17.4 Å². The highest BCUT2D eigenvalue weighted by molar-refractivity contribution is 4.51. The van der Waals surface area contributed by atoms with E-state index in [0.29, 0.717) is 5.12 Å². The summed E-state index contributed by atoms with van der Waals surface area (Å²) in [6.07, 6.45) is 0. The zero-order valence-electron chi connectivity index (χ0n) is 4.13. The number of rotatable bonds is 1. The van der Waals surface area contributed by atoms with Crippen LogP contribution >= 0.6 is 0 Å². The average molecular weight is 106 g/mol. The van der Waals surface area contributed by atoms with Gasteiger partial charge in [0.15, 0.2) is 5.85 Å². The quantitative estimate of drug-likeness (QED) is 0.170. The lowest BCUT2D eigenvalue weighted by Crippen LogP contribution is -2.60. The maximum atomic E-state index is 8.55. The van der Waals surface area contributed by atoms with Gasteiger partial charge in [-0.1, -0.05) is 0 Å². The fraction of sp³-hybridized carbons (Fsp3) is 1.00. The third kappa shape index (κ3) is 2.49. The van der Waals surface area contributed by atoms with E-state index in [2.05, 4.69) is 0 Å². The Hall–Kier alpha value is -0.200. The lowest BCUT2D eigenvalue weighted by Gasteiger charge is -2.23.